The van der Waals surface area contributed by atoms with Crippen LogP contribution in [0.3, 0.4) is 0 Å². The molecule has 728 valence electrons. The first-order valence-electron chi connectivity index (χ1n) is 34.4. The van der Waals surface area contributed by atoms with Gasteiger partial charge in [-0.1, -0.05) is 344 Å². The van der Waals surface area contributed by atoms with Crippen LogP contribution in [0.15, 0.2) is 113 Å². The third kappa shape index (κ3) is 63.0. The zero-order chi connectivity index (χ0) is 92.7. The number of carboxylic acids is 1. The van der Waals surface area contributed by atoms with Gasteiger partial charge in [0, 0.05) is 36.8 Å². The minimum atomic E-state index is -4.17. The van der Waals surface area contributed by atoms with Gasteiger partial charge in [-0.25, -0.2) is 14.8 Å². The molecular formula is C73H102AgCl25N2O21S2. The average molecular weight is 2400 g/mol. The SMILES string of the molecule is C.C.C.C.C/C(CO)=C(\CCC(OCC(Cl)(Cl)Cl)OCC(Cl)(Cl)Cl)C1=NC(C)(C)CO1.C/C(OS(=O)(=O)c1ccc(C)cc1)=C(\CCC(OCC(Cl)(Cl)Cl)OCC(Cl)(Cl)Cl)C1=NC(C)(C)CO1.C/C(OS(=O)(=O)c1ccc(C)cc1)=C(\CCC(OCC(Cl)(Cl)Cl)OCC(Cl)(Cl)Cl)CC(=O)O.CC1=C(CCC(OCC(Cl)(Cl)Cl)OCC(Cl)(Cl)Cl)C(=O)OC1.[Cl][Ag]. The molecule has 0 aliphatic carbocycles. The van der Waals surface area contributed by atoms with E-state index < -0.39 is 93.7 Å². The van der Waals surface area contributed by atoms with Crippen molar-refractivity contribution in [2.75, 3.05) is 79.3 Å². The number of aliphatic hydroxyl groups excluding tert-OH is 1. The number of ether oxygens (including phenoxy) is 11. The van der Waals surface area contributed by atoms with Crippen LogP contribution in [0.2, 0.25) is 0 Å². The van der Waals surface area contributed by atoms with E-state index in [2.05, 4.69) is 39.2 Å². The van der Waals surface area contributed by atoms with Crippen molar-refractivity contribution < 1.29 is 117 Å². The van der Waals surface area contributed by atoms with Crippen molar-refractivity contribution in [2.45, 2.75) is 233 Å². The number of carboxylic acid groups (broad SMARTS) is 1. The third-order valence-electron chi connectivity index (χ3n) is 14.8. The third-order valence-corrected chi connectivity index (χ3v) is 20.1. The maximum absolute atomic E-state index is 12.9. The van der Waals surface area contributed by atoms with Crippen LogP contribution in [-0.2, 0) is 110 Å². The fourth-order valence-corrected chi connectivity index (χ4v) is 12.8. The van der Waals surface area contributed by atoms with Crippen LogP contribution in [0, 0.1) is 13.8 Å². The molecule has 3 aliphatic rings. The Morgan fingerprint density at radius 1 is 0.452 bits per heavy atom. The molecule has 5 rings (SSSR count). The van der Waals surface area contributed by atoms with Gasteiger partial charge in [0.15, 0.2) is 25.2 Å². The van der Waals surface area contributed by atoms with E-state index in [0.29, 0.717) is 62.5 Å². The van der Waals surface area contributed by atoms with Crippen molar-refractivity contribution in [3.63, 3.8) is 0 Å². The average Bonchev–Trinajstić information content (AvgIpc) is 1.46. The number of aliphatic carboxylic acids is 1. The van der Waals surface area contributed by atoms with E-state index in [1.54, 1.807) is 38.1 Å². The van der Waals surface area contributed by atoms with Gasteiger partial charge in [0.1, 0.15) is 41.1 Å². The normalized spacial score (nSPS) is 15.6. The summed E-state index contributed by atoms with van der Waals surface area (Å²) in [5.41, 5.74) is 4.47. The van der Waals surface area contributed by atoms with Crippen molar-refractivity contribution in [3.05, 3.63) is 105 Å². The zero-order valence-electron chi connectivity index (χ0n) is 64.9. The van der Waals surface area contributed by atoms with Gasteiger partial charge in [-0.15, -0.1) is 0 Å². The number of aliphatic hydroxyl groups is 1. The first kappa shape index (κ1) is 133. The number of aliphatic imine (C=N–C) groups is 2. The number of rotatable bonds is 39. The Morgan fingerprint density at radius 2 is 0.726 bits per heavy atom. The summed E-state index contributed by atoms with van der Waals surface area (Å²) in [5, 5.41) is 18.8. The quantitative estimate of drug-likeness (QED) is 0.0157. The summed E-state index contributed by atoms with van der Waals surface area (Å²) < 4.78 is 108. The summed E-state index contributed by atoms with van der Waals surface area (Å²) in [5.74, 6) is -0.820. The molecule has 3 aliphatic heterocycles. The van der Waals surface area contributed by atoms with Gasteiger partial charge in [0.2, 0.25) is 42.1 Å². The molecule has 124 heavy (non-hydrogen) atoms. The molecule has 0 saturated heterocycles. The Hall–Kier alpha value is 2.41. The van der Waals surface area contributed by atoms with E-state index in [0.717, 1.165) is 27.8 Å². The van der Waals surface area contributed by atoms with Gasteiger partial charge in [-0.3, -0.25) is 4.79 Å². The number of carbonyl (C=O) groups excluding carboxylic acids is 1. The number of halogens is 25. The van der Waals surface area contributed by atoms with Crippen LogP contribution in [0.1, 0.15) is 154 Å². The van der Waals surface area contributed by atoms with E-state index in [-0.39, 0.29) is 159 Å². The molecule has 0 amide bonds. The molecular weight excluding hydrogens is 2300 g/mol. The summed E-state index contributed by atoms with van der Waals surface area (Å²) in [6.07, 6.45) is -2.28. The summed E-state index contributed by atoms with van der Waals surface area (Å²) in [6, 6.07) is 12.3. The number of alkyl halides is 24. The Morgan fingerprint density at radius 3 is 0.984 bits per heavy atom. The number of esters is 1. The molecule has 0 unspecified atom stereocenters. The molecule has 2 aromatic carbocycles. The Balaban J connectivity index is -0.000000771. The predicted molar refractivity (Wildman–Crippen MR) is 510 cm³/mol. The Bertz CT molecular complexity index is 3880. The minimum absolute atomic E-state index is 0. The second kappa shape index (κ2) is 61.0. The zero-order valence-corrected chi connectivity index (χ0v) is 86.9. The molecule has 0 atom stereocenters. The van der Waals surface area contributed by atoms with Crippen molar-refractivity contribution in [1.29, 1.82) is 0 Å². The van der Waals surface area contributed by atoms with Gasteiger partial charge in [0.05, 0.1) is 82.5 Å². The molecule has 23 nitrogen and oxygen atoms in total. The molecule has 0 saturated carbocycles. The summed E-state index contributed by atoms with van der Waals surface area (Å²) in [7, 11) is -3.84. The van der Waals surface area contributed by atoms with Crippen molar-refractivity contribution in [1.82, 2.24) is 0 Å². The number of cyclic esters (lactones) is 1. The molecule has 0 bridgehead atoms. The Labute approximate surface area is 865 Å². The van der Waals surface area contributed by atoms with Crippen LogP contribution >= 0.6 is 288 Å². The first-order chi connectivity index (χ1) is 54.6. The molecule has 0 radical (unpaired) electrons. The summed E-state index contributed by atoms with van der Waals surface area (Å²) >= 11 is 139. The molecule has 0 spiro atoms. The predicted octanol–water partition coefficient (Wildman–Crippen LogP) is 26.7. The number of nitrogens with zero attached hydrogens (tertiary/aromatic N) is 2. The van der Waals surface area contributed by atoms with Gasteiger partial charge in [-0.2, -0.15) is 16.8 Å². The van der Waals surface area contributed by atoms with E-state index in [1.165, 1.54) is 38.1 Å². The van der Waals surface area contributed by atoms with Gasteiger partial charge >= 0.3 is 61.4 Å². The van der Waals surface area contributed by atoms with Gasteiger partial charge in [-0.05, 0) is 136 Å². The van der Waals surface area contributed by atoms with Crippen LogP contribution in [0.25, 0.3) is 0 Å². The molecule has 2 aromatic rings. The fourth-order valence-electron chi connectivity index (χ4n) is 9.30. The number of hydrogen-bond acceptors (Lipinski definition) is 22. The van der Waals surface area contributed by atoms with E-state index in [9.17, 15) is 36.6 Å². The molecule has 51 heteroatoms. The second-order valence-electron chi connectivity index (χ2n) is 27.0. The van der Waals surface area contributed by atoms with Crippen LogP contribution < -0.4 is 0 Å². The standard InChI is InChI=1S/C22H27Cl6NO6S.C19H22Cl6O7S.C16H23Cl6NO4.C12H14Cl6O4.4CH4.Ag.ClH/c1-14-5-7-16(8-6-14)36(30,31)35-15(2)17(19-29-20(3,4)11-34-19)9-10-18(32-12-21(23,24)25)33-13-22(26,27)28;1-12-3-6-15(7-4-12)33(28,29)32-13(2)14(9-16(26)27)5-8-17(30-10-18(20,21)22)31-11-19(23,24)25;1-10(6-24)11(13-23-14(2,3)7-27-13)4-5-12(25-8-15(17,18)19)26-9-16(20,21)22;1-7-4-20-10(19)8(7)2-3-9(21-5-11(13,14)15)22-6-12(16,17)18;;;;;;/h5-8,18H,9-13H2,1-4H3;3-4,6-7,17H,5,8-11H2,1-2H3,(H,26,27);12,24H,4-9H2,1-3H3;9H,2-6H2,1H3;4*1H4;;1H/q;;;;;;;;+1;/p-1/b17-15-;14-13-;11-10-;;;;;;;. The number of allylic oxidation sites excluding steroid dienone is 2. The molecule has 0 aromatic heterocycles. The summed E-state index contributed by atoms with van der Waals surface area (Å²) in [4.78, 5) is 31.9. The van der Waals surface area contributed by atoms with E-state index in [1.807, 2.05) is 41.5 Å². The van der Waals surface area contributed by atoms with E-state index >= 15 is 0 Å². The van der Waals surface area contributed by atoms with Crippen molar-refractivity contribution in [2.24, 2.45) is 9.98 Å². The molecule has 3 heterocycles. The second-order valence-corrected chi connectivity index (χ2v) is 50.3. The number of aryl methyl sites for hydroxylation is 2. The summed E-state index contributed by atoms with van der Waals surface area (Å²) in [6.45, 7) is 16.6. The Kier molecular flexibility index (Phi) is 65.3. The van der Waals surface area contributed by atoms with Gasteiger partial charge in [0.25, 0.3) is 0 Å². The van der Waals surface area contributed by atoms with Crippen LogP contribution in [0.4, 0.5) is 0 Å². The van der Waals surface area contributed by atoms with Gasteiger partial charge < -0.3 is 70.7 Å². The monoisotopic (exact) mass is 2390 g/mol. The van der Waals surface area contributed by atoms with Crippen LogP contribution in [-0.4, -0.2) is 197 Å². The number of benzene rings is 2. The molecule has 2 N–H and O–H groups in total. The number of carbonyl (C=O) groups is 2. The van der Waals surface area contributed by atoms with Crippen molar-refractivity contribution >= 4 is 332 Å². The van der Waals surface area contributed by atoms with E-state index in [4.69, 9.17) is 339 Å². The number of hydrogen-bond donors (Lipinski definition) is 2. The topological polar surface area (TPSA) is 288 Å². The first-order valence-corrected chi connectivity index (χ1v) is 48.2. The molecule has 0 fully saturated rings. The fraction of sp³-hybridized carbons (Fsp3) is 0.671. The maximum atomic E-state index is 12.9. The van der Waals surface area contributed by atoms with Crippen molar-refractivity contribution in [3.8, 4) is 0 Å². The van der Waals surface area contributed by atoms with Crippen LogP contribution in [0.5, 0.6) is 0 Å².